The Balaban J connectivity index is 2.04. The Morgan fingerprint density at radius 1 is 1.33 bits per heavy atom. The van der Waals surface area contributed by atoms with Crippen LogP contribution >= 0.6 is 11.6 Å². The number of halogens is 1. The van der Waals surface area contributed by atoms with Gasteiger partial charge in [0.25, 0.3) is 0 Å². The van der Waals surface area contributed by atoms with Gasteiger partial charge in [-0.25, -0.2) is 9.97 Å². The number of nitriles is 1. The van der Waals surface area contributed by atoms with Crippen molar-refractivity contribution in [2.45, 2.75) is 19.4 Å². The predicted octanol–water partition coefficient (Wildman–Crippen LogP) is 1.55. The van der Waals surface area contributed by atoms with E-state index in [0.717, 1.165) is 32.0 Å². The fourth-order valence-corrected chi connectivity index (χ4v) is 2.31. The van der Waals surface area contributed by atoms with Crippen LogP contribution in [0.5, 0.6) is 0 Å². The lowest BCUT2D eigenvalue weighted by Gasteiger charge is -2.40. The lowest BCUT2D eigenvalue weighted by Crippen LogP contribution is -2.54. The van der Waals surface area contributed by atoms with Gasteiger partial charge in [0.2, 0.25) is 0 Å². The lowest BCUT2D eigenvalue weighted by molar-refractivity contribution is 0.158. The number of hydrogen-bond acceptors (Lipinski definition) is 5. The molecule has 18 heavy (non-hydrogen) atoms. The third-order valence-electron chi connectivity index (χ3n) is 3.29. The van der Waals surface area contributed by atoms with E-state index in [9.17, 15) is 0 Å². The lowest BCUT2D eigenvalue weighted by atomic mass is 10.0. The fraction of sp³-hybridized carbons (Fsp3) is 0.583. The minimum atomic E-state index is -0.415. The molecule has 0 atom stereocenters. The molecule has 1 saturated heterocycles. The summed E-state index contributed by atoms with van der Waals surface area (Å²) in [5, 5.41) is 9.70. The van der Waals surface area contributed by atoms with Gasteiger partial charge in [-0.05, 0) is 13.8 Å². The molecule has 0 aliphatic carbocycles. The second-order valence-corrected chi connectivity index (χ2v) is 5.25. The van der Waals surface area contributed by atoms with Crippen LogP contribution in [0.1, 0.15) is 13.8 Å². The minimum absolute atomic E-state index is 0.415. The van der Waals surface area contributed by atoms with E-state index in [2.05, 4.69) is 25.8 Å². The standard InChI is InChI=1S/C12H16ClN5/c1-12(2,8-14)18-5-3-17(4-6-18)11-10(13)7-15-9-16-11/h7,9H,3-6H2,1-2H3. The summed E-state index contributed by atoms with van der Waals surface area (Å²) in [5.74, 6) is 0.779. The molecule has 2 heterocycles. The second kappa shape index (κ2) is 5.09. The van der Waals surface area contributed by atoms with Crippen molar-refractivity contribution in [1.82, 2.24) is 14.9 Å². The highest BCUT2D eigenvalue weighted by atomic mass is 35.5. The molecule has 0 unspecified atom stereocenters. The number of aromatic nitrogens is 2. The Hall–Kier alpha value is -1.38. The summed E-state index contributed by atoms with van der Waals surface area (Å²) in [7, 11) is 0. The number of anilines is 1. The van der Waals surface area contributed by atoms with Crippen molar-refractivity contribution >= 4 is 17.4 Å². The molecule has 0 aromatic carbocycles. The minimum Gasteiger partial charge on any atom is -0.353 e. The molecule has 0 amide bonds. The molecule has 5 nitrogen and oxygen atoms in total. The largest absolute Gasteiger partial charge is 0.353 e. The normalized spacial score (nSPS) is 17.6. The van der Waals surface area contributed by atoms with Crippen molar-refractivity contribution in [3.8, 4) is 6.07 Å². The summed E-state index contributed by atoms with van der Waals surface area (Å²) in [6, 6.07) is 2.33. The molecule has 0 radical (unpaired) electrons. The van der Waals surface area contributed by atoms with Crippen molar-refractivity contribution in [3.63, 3.8) is 0 Å². The molecule has 1 aromatic rings. The molecular weight excluding hydrogens is 250 g/mol. The molecule has 6 heteroatoms. The zero-order valence-electron chi connectivity index (χ0n) is 10.6. The maximum Gasteiger partial charge on any atom is 0.150 e. The average molecular weight is 266 g/mol. The molecule has 0 N–H and O–H groups in total. The number of nitrogens with zero attached hydrogens (tertiary/aromatic N) is 5. The van der Waals surface area contributed by atoms with E-state index in [1.807, 2.05) is 13.8 Å². The second-order valence-electron chi connectivity index (χ2n) is 4.84. The molecule has 0 saturated carbocycles. The van der Waals surface area contributed by atoms with Crippen molar-refractivity contribution in [1.29, 1.82) is 5.26 Å². The molecule has 1 fully saturated rings. The number of rotatable bonds is 2. The fourth-order valence-electron chi connectivity index (χ4n) is 2.09. The van der Waals surface area contributed by atoms with Crippen LogP contribution < -0.4 is 4.90 Å². The Morgan fingerprint density at radius 3 is 2.56 bits per heavy atom. The molecule has 1 aliphatic rings. The maximum atomic E-state index is 9.13. The molecule has 0 spiro atoms. The molecule has 1 aliphatic heterocycles. The van der Waals surface area contributed by atoms with E-state index in [-0.39, 0.29) is 0 Å². The van der Waals surface area contributed by atoms with Crippen molar-refractivity contribution in [3.05, 3.63) is 17.5 Å². The first kappa shape index (κ1) is 13.1. The summed E-state index contributed by atoms with van der Waals surface area (Å²) >= 11 is 6.08. The van der Waals surface area contributed by atoms with E-state index in [0.29, 0.717) is 5.02 Å². The van der Waals surface area contributed by atoms with E-state index >= 15 is 0 Å². The third kappa shape index (κ3) is 2.55. The van der Waals surface area contributed by atoms with Crippen LogP contribution in [-0.4, -0.2) is 46.6 Å². The molecule has 2 rings (SSSR count). The maximum absolute atomic E-state index is 9.13. The SMILES string of the molecule is CC(C)(C#N)N1CCN(c2ncncc2Cl)CC1. The highest BCUT2D eigenvalue weighted by Gasteiger charge is 2.30. The van der Waals surface area contributed by atoms with Gasteiger partial charge in [0, 0.05) is 26.2 Å². The average Bonchev–Trinajstić information content (AvgIpc) is 2.39. The van der Waals surface area contributed by atoms with Crippen molar-refractivity contribution in [2.75, 3.05) is 31.1 Å². The Kier molecular flexibility index (Phi) is 3.69. The first-order chi connectivity index (χ1) is 8.54. The highest BCUT2D eigenvalue weighted by molar-refractivity contribution is 6.32. The van der Waals surface area contributed by atoms with Gasteiger partial charge in [-0.2, -0.15) is 5.26 Å². The molecule has 96 valence electrons. The zero-order chi connectivity index (χ0) is 13.2. The van der Waals surface area contributed by atoms with Gasteiger partial charge in [0.1, 0.15) is 16.9 Å². The van der Waals surface area contributed by atoms with Crippen LogP contribution in [0, 0.1) is 11.3 Å². The summed E-state index contributed by atoms with van der Waals surface area (Å²) in [5.41, 5.74) is -0.415. The van der Waals surface area contributed by atoms with Crippen LogP contribution in [0.15, 0.2) is 12.5 Å². The predicted molar refractivity (Wildman–Crippen MR) is 70.5 cm³/mol. The Bertz CT molecular complexity index is 460. The van der Waals surface area contributed by atoms with Crippen LogP contribution in [0.25, 0.3) is 0 Å². The van der Waals surface area contributed by atoms with Crippen LogP contribution in [0.3, 0.4) is 0 Å². The van der Waals surface area contributed by atoms with E-state index in [4.69, 9.17) is 16.9 Å². The first-order valence-electron chi connectivity index (χ1n) is 5.91. The van der Waals surface area contributed by atoms with Gasteiger partial charge in [0.15, 0.2) is 5.82 Å². The number of hydrogen-bond donors (Lipinski definition) is 0. The third-order valence-corrected chi connectivity index (χ3v) is 3.56. The van der Waals surface area contributed by atoms with Crippen LogP contribution in [-0.2, 0) is 0 Å². The summed E-state index contributed by atoms with van der Waals surface area (Å²) in [6.07, 6.45) is 3.11. The van der Waals surface area contributed by atoms with Gasteiger partial charge in [0.05, 0.1) is 12.3 Å². The Morgan fingerprint density at radius 2 is 2.00 bits per heavy atom. The van der Waals surface area contributed by atoms with Crippen molar-refractivity contribution < 1.29 is 0 Å². The summed E-state index contributed by atoms with van der Waals surface area (Å²) < 4.78 is 0. The zero-order valence-corrected chi connectivity index (χ0v) is 11.4. The monoisotopic (exact) mass is 265 g/mol. The van der Waals surface area contributed by atoms with Crippen LogP contribution in [0.4, 0.5) is 5.82 Å². The van der Waals surface area contributed by atoms with Crippen molar-refractivity contribution in [2.24, 2.45) is 0 Å². The quantitative estimate of drug-likeness (QED) is 0.812. The molecule has 1 aromatic heterocycles. The topological polar surface area (TPSA) is 56.1 Å². The number of piperazine rings is 1. The van der Waals surface area contributed by atoms with Gasteiger partial charge in [-0.1, -0.05) is 11.6 Å². The van der Waals surface area contributed by atoms with Gasteiger partial charge >= 0.3 is 0 Å². The van der Waals surface area contributed by atoms with Gasteiger partial charge in [-0.15, -0.1) is 0 Å². The molecular formula is C12H16ClN5. The van der Waals surface area contributed by atoms with Gasteiger partial charge < -0.3 is 4.90 Å². The summed E-state index contributed by atoms with van der Waals surface area (Å²) in [4.78, 5) is 12.4. The van der Waals surface area contributed by atoms with Crippen LogP contribution in [0.2, 0.25) is 5.02 Å². The van der Waals surface area contributed by atoms with E-state index in [1.54, 1.807) is 6.20 Å². The highest BCUT2D eigenvalue weighted by Crippen LogP contribution is 2.24. The molecule has 0 bridgehead atoms. The summed E-state index contributed by atoms with van der Waals surface area (Å²) in [6.45, 7) is 7.20. The Labute approximate surface area is 112 Å². The van der Waals surface area contributed by atoms with E-state index < -0.39 is 5.54 Å². The van der Waals surface area contributed by atoms with Gasteiger partial charge in [-0.3, -0.25) is 4.90 Å². The smallest absolute Gasteiger partial charge is 0.150 e. The first-order valence-corrected chi connectivity index (χ1v) is 6.29. The van der Waals surface area contributed by atoms with E-state index in [1.165, 1.54) is 6.33 Å².